The van der Waals surface area contributed by atoms with E-state index < -0.39 is 0 Å². The van der Waals surface area contributed by atoms with Crippen LogP contribution < -0.4 is 0 Å². The third kappa shape index (κ3) is 4.50. The molecule has 1 heterocycles. The highest BCUT2D eigenvalue weighted by Gasteiger charge is 2.21. The second kappa shape index (κ2) is 6.79. The molecular weight excluding hydrogens is 236 g/mol. The average Bonchev–Trinajstić information content (AvgIpc) is 2.66. The van der Waals surface area contributed by atoms with Gasteiger partial charge in [-0.3, -0.25) is 4.79 Å². The molecule has 0 bridgehead atoms. The maximum atomic E-state index is 11.4. The van der Waals surface area contributed by atoms with Crippen LogP contribution in [0.4, 0.5) is 0 Å². The van der Waals surface area contributed by atoms with Crippen LogP contribution in [-0.4, -0.2) is 21.7 Å². The first-order chi connectivity index (χ1) is 8.04. The third-order valence-electron chi connectivity index (χ3n) is 2.36. The van der Waals surface area contributed by atoms with E-state index in [0.29, 0.717) is 24.1 Å². The number of hydrogen-bond acceptors (Lipinski definition) is 5. The molecule has 0 aliphatic carbocycles. The second-order valence-corrected chi connectivity index (χ2v) is 5.56. The number of hydrogen-bond donors (Lipinski definition) is 0. The van der Waals surface area contributed by atoms with Gasteiger partial charge in [-0.25, -0.2) is 0 Å². The number of ketones is 1. The molecule has 1 atom stereocenters. The fraction of sp³-hybridized carbons (Fsp3) is 0.750. The summed E-state index contributed by atoms with van der Waals surface area (Å²) in [6, 6.07) is 0. The Bertz CT molecular complexity index is 363. The van der Waals surface area contributed by atoms with Gasteiger partial charge < -0.3 is 4.52 Å². The summed E-state index contributed by atoms with van der Waals surface area (Å²) in [5, 5.41) is 3.91. The summed E-state index contributed by atoms with van der Waals surface area (Å²) in [4.78, 5) is 15.6. The summed E-state index contributed by atoms with van der Waals surface area (Å²) in [6.45, 7) is 7.87. The number of carbonyl (C=O) groups excluding carboxylic acids is 1. The molecule has 0 saturated heterocycles. The van der Waals surface area contributed by atoms with Crippen molar-refractivity contribution in [3.63, 3.8) is 0 Å². The molecule has 0 spiro atoms. The molecule has 1 unspecified atom stereocenters. The van der Waals surface area contributed by atoms with Gasteiger partial charge in [-0.05, 0) is 25.0 Å². The fourth-order valence-electron chi connectivity index (χ4n) is 1.49. The summed E-state index contributed by atoms with van der Waals surface area (Å²) in [5.74, 6) is 3.46. The Hall–Kier alpha value is -0.840. The molecule has 1 aromatic heterocycles. The number of thioether (sulfide) groups is 1. The van der Waals surface area contributed by atoms with Crippen molar-refractivity contribution in [2.45, 2.75) is 45.8 Å². The van der Waals surface area contributed by atoms with Crippen LogP contribution in [0.1, 0.15) is 51.7 Å². The molecule has 4 nitrogen and oxygen atoms in total. The molecule has 1 rings (SSSR count). The number of aromatic nitrogens is 2. The lowest BCUT2D eigenvalue weighted by Gasteiger charge is -2.03. The van der Waals surface area contributed by atoms with Gasteiger partial charge in [0.15, 0.2) is 5.82 Å². The predicted molar refractivity (Wildman–Crippen MR) is 69.0 cm³/mol. The molecule has 17 heavy (non-hydrogen) atoms. The molecule has 0 N–H and O–H groups in total. The lowest BCUT2D eigenvalue weighted by atomic mass is 10.0. The molecule has 1 aromatic rings. The van der Waals surface area contributed by atoms with Crippen LogP contribution >= 0.6 is 11.8 Å². The highest BCUT2D eigenvalue weighted by atomic mass is 32.2. The standard InChI is InChI=1S/C12H20N2O2S/c1-5-10(9(4)15)12-13-11(14-16-12)7-17-6-8(2)3/h8,10H,5-7H2,1-4H3. The Morgan fingerprint density at radius 1 is 1.47 bits per heavy atom. The zero-order valence-electron chi connectivity index (χ0n) is 10.9. The topological polar surface area (TPSA) is 56.0 Å². The Labute approximate surface area is 107 Å². The smallest absolute Gasteiger partial charge is 0.237 e. The first-order valence-corrected chi connectivity index (χ1v) is 7.10. The third-order valence-corrected chi connectivity index (χ3v) is 3.73. The van der Waals surface area contributed by atoms with Crippen LogP contribution in [-0.2, 0) is 10.5 Å². The van der Waals surface area contributed by atoms with Crippen molar-refractivity contribution in [2.75, 3.05) is 5.75 Å². The molecule has 0 aliphatic heterocycles. The number of nitrogens with zero attached hydrogens (tertiary/aromatic N) is 2. The van der Waals surface area contributed by atoms with Crippen molar-refractivity contribution in [1.29, 1.82) is 0 Å². The van der Waals surface area contributed by atoms with Crippen LogP contribution in [0.2, 0.25) is 0 Å². The van der Waals surface area contributed by atoms with Crippen LogP contribution in [0.15, 0.2) is 4.52 Å². The van der Waals surface area contributed by atoms with E-state index in [0.717, 1.165) is 11.5 Å². The molecule has 0 aromatic carbocycles. The average molecular weight is 256 g/mol. The Kier molecular flexibility index (Phi) is 5.68. The largest absolute Gasteiger partial charge is 0.339 e. The maximum absolute atomic E-state index is 11.4. The van der Waals surface area contributed by atoms with Gasteiger partial charge in [0.2, 0.25) is 5.89 Å². The molecule has 0 saturated carbocycles. The Morgan fingerprint density at radius 2 is 2.18 bits per heavy atom. The second-order valence-electron chi connectivity index (χ2n) is 4.53. The van der Waals surface area contributed by atoms with Crippen molar-refractivity contribution in [3.8, 4) is 0 Å². The van der Waals surface area contributed by atoms with Gasteiger partial charge in [-0.2, -0.15) is 16.7 Å². The summed E-state index contributed by atoms with van der Waals surface area (Å²) in [7, 11) is 0. The molecule has 0 fully saturated rings. The van der Waals surface area contributed by atoms with Gasteiger partial charge in [-0.1, -0.05) is 25.9 Å². The zero-order valence-corrected chi connectivity index (χ0v) is 11.7. The van der Waals surface area contributed by atoms with Gasteiger partial charge in [-0.15, -0.1) is 0 Å². The van der Waals surface area contributed by atoms with E-state index in [2.05, 4.69) is 24.0 Å². The summed E-state index contributed by atoms with van der Waals surface area (Å²) >= 11 is 1.79. The van der Waals surface area contributed by atoms with Crippen LogP contribution in [0.25, 0.3) is 0 Å². The molecule has 96 valence electrons. The molecule has 0 aliphatic rings. The van der Waals surface area contributed by atoms with Gasteiger partial charge in [0.1, 0.15) is 5.78 Å². The molecule has 0 radical (unpaired) electrons. The summed E-state index contributed by atoms with van der Waals surface area (Å²) < 4.78 is 5.14. The monoisotopic (exact) mass is 256 g/mol. The van der Waals surface area contributed by atoms with Crippen molar-refractivity contribution in [2.24, 2.45) is 5.92 Å². The highest BCUT2D eigenvalue weighted by molar-refractivity contribution is 7.98. The van der Waals surface area contributed by atoms with E-state index in [9.17, 15) is 4.79 Å². The molecular formula is C12H20N2O2S. The predicted octanol–water partition coefficient (Wildman–Crippen LogP) is 3.04. The summed E-state index contributed by atoms with van der Waals surface area (Å²) in [5.41, 5.74) is 0. The molecule has 5 heteroatoms. The zero-order chi connectivity index (χ0) is 12.8. The first-order valence-electron chi connectivity index (χ1n) is 5.95. The summed E-state index contributed by atoms with van der Waals surface area (Å²) in [6.07, 6.45) is 0.704. The Morgan fingerprint density at radius 3 is 2.71 bits per heavy atom. The lowest BCUT2D eigenvalue weighted by molar-refractivity contribution is -0.119. The Balaban J connectivity index is 2.55. The molecule has 0 amide bonds. The minimum absolute atomic E-state index is 0.0810. The fourth-order valence-corrected chi connectivity index (χ4v) is 2.38. The van der Waals surface area contributed by atoms with Crippen molar-refractivity contribution in [3.05, 3.63) is 11.7 Å². The van der Waals surface area contributed by atoms with Crippen LogP contribution in [0.3, 0.4) is 0 Å². The SMILES string of the molecule is CCC(C(C)=O)c1nc(CSCC(C)C)no1. The van der Waals surface area contributed by atoms with Gasteiger partial charge in [0.25, 0.3) is 0 Å². The van der Waals surface area contributed by atoms with E-state index in [1.165, 1.54) is 0 Å². The minimum atomic E-state index is -0.244. The maximum Gasteiger partial charge on any atom is 0.237 e. The number of carbonyl (C=O) groups is 1. The van der Waals surface area contributed by atoms with E-state index in [1.807, 2.05) is 6.92 Å². The quantitative estimate of drug-likeness (QED) is 0.750. The van der Waals surface area contributed by atoms with Crippen LogP contribution in [0, 0.1) is 5.92 Å². The van der Waals surface area contributed by atoms with E-state index in [-0.39, 0.29) is 11.7 Å². The van der Waals surface area contributed by atoms with Gasteiger partial charge >= 0.3 is 0 Å². The van der Waals surface area contributed by atoms with E-state index >= 15 is 0 Å². The lowest BCUT2D eigenvalue weighted by Crippen LogP contribution is -2.08. The van der Waals surface area contributed by atoms with Gasteiger partial charge in [0.05, 0.1) is 11.7 Å². The van der Waals surface area contributed by atoms with Crippen molar-refractivity contribution in [1.82, 2.24) is 10.1 Å². The van der Waals surface area contributed by atoms with E-state index in [1.54, 1.807) is 18.7 Å². The number of Topliss-reactive ketones (excluding diaryl/α,β-unsaturated/α-hetero) is 1. The minimum Gasteiger partial charge on any atom is -0.339 e. The first kappa shape index (κ1) is 14.2. The normalized spacial score (nSPS) is 13.0. The highest BCUT2D eigenvalue weighted by Crippen LogP contribution is 2.20. The van der Waals surface area contributed by atoms with Crippen molar-refractivity contribution >= 4 is 17.5 Å². The van der Waals surface area contributed by atoms with Crippen LogP contribution in [0.5, 0.6) is 0 Å². The van der Waals surface area contributed by atoms with Crippen molar-refractivity contribution < 1.29 is 9.32 Å². The van der Waals surface area contributed by atoms with E-state index in [4.69, 9.17) is 4.52 Å². The number of rotatable bonds is 7. The van der Waals surface area contributed by atoms with Gasteiger partial charge in [0, 0.05) is 0 Å².